The number of pyridine rings is 1. The van der Waals surface area contributed by atoms with E-state index in [2.05, 4.69) is 30.5 Å². The van der Waals surface area contributed by atoms with Crippen molar-refractivity contribution in [3.05, 3.63) is 47.7 Å². The molecular formula is C22H29N3O4S. The van der Waals surface area contributed by atoms with Gasteiger partial charge in [-0.05, 0) is 42.0 Å². The van der Waals surface area contributed by atoms with Crippen LogP contribution in [0.2, 0.25) is 0 Å². The van der Waals surface area contributed by atoms with Crippen LogP contribution >= 0.6 is 0 Å². The molecule has 0 radical (unpaired) electrons. The smallest absolute Gasteiger partial charge is 0.339 e. The standard InChI is InChI=1S/C22H29N3O4S/c1-22(2,3)16-8-10-18(11-9-16)30(28,29)24-17-14-19(21(26)27)20(23-15-17)25-12-6-4-5-7-13-25/h8-11,14-15,24H,4-7,12-13H2,1-3H3,(H,26,27). The first-order valence-corrected chi connectivity index (χ1v) is 11.7. The largest absolute Gasteiger partial charge is 0.478 e. The minimum absolute atomic E-state index is 0.000167. The highest BCUT2D eigenvalue weighted by Crippen LogP contribution is 2.27. The Morgan fingerprint density at radius 1 is 1.07 bits per heavy atom. The quantitative estimate of drug-likeness (QED) is 0.734. The fourth-order valence-electron chi connectivity index (χ4n) is 3.55. The molecule has 3 rings (SSSR count). The summed E-state index contributed by atoms with van der Waals surface area (Å²) in [4.78, 5) is 18.2. The van der Waals surface area contributed by atoms with Crippen LogP contribution < -0.4 is 9.62 Å². The molecule has 7 nitrogen and oxygen atoms in total. The van der Waals surface area contributed by atoms with E-state index >= 15 is 0 Å². The van der Waals surface area contributed by atoms with Gasteiger partial charge in [-0.2, -0.15) is 0 Å². The first-order valence-electron chi connectivity index (χ1n) is 10.2. The molecule has 8 heteroatoms. The van der Waals surface area contributed by atoms with Crippen LogP contribution in [0, 0.1) is 0 Å². The number of rotatable bonds is 5. The van der Waals surface area contributed by atoms with Crippen LogP contribution in [0.4, 0.5) is 11.5 Å². The summed E-state index contributed by atoms with van der Waals surface area (Å²) < 4.78 is 28.0. The lowest BCUT2D eigenvalue weighted by Gasteiger charge is -2.23. The molecule has 0 unspecified atom stereocenters. The van der Waals surface area contributed by atoms with Crippen molar-refractivity contribution in [2.24, 2.45) is 0 Å². The van der Waals surface area contributed by atoms with Crippen molar-refractivity contribution in [1.29, 1.82) is 0 Å². The van der Waals surface area contributed by atoms with Crippen LogP contribution in [0.1, 0.15) is 62.4 Å². The van der Waals surface area contributed by atoms with Gasteiger partial charge in [-0.1, -0.05) is 45.7 Å². The van der Waals surface area contributed by atoms with E-state index in [1.54, 1.807) is 24.3 Å². The highest BCUT2D eigenvalue weighted by molar-refractivity contribution is 7.92. The van der Waals surface area contributed by atoms with E-state index in [0.29, 0.717) is 5.82 Å². The van der Waals surface area contributed by atoms with Crippen LogP contribution in [0.25, 0.3) is 0 Å². The number of nitrogens with zero attached hydrogens (tertiary/aromatic N) is 2. The van der Waals surface area contributed by atoms with E-state index in [1.165, 1.54) is 12.3 Å². The summed E-state index contributed by atoms with van der Waals surface area (Å²) in [6, 6.07) is 8.03. The second kappa shape index (κ2) is 8.63. The molecule has 162 valence electrons. The van der Waals surface area contributed by atoms with Crippen molar-refractivity contribution < 1.29 is 18.3 Å². The Kier molecular flexibility index (Phi) is 6.36. The predicted octanol–water partition coefficient (Wildman–Crippen LogP) is 4.26. The van der Waals surface area contributed by atoms with E-state index < -0.39 is 16.0 Å². The predicted molar refractivity (Wildman–Crippen MR) is 118 cm³/mol. The van der Waals surface area contributed by atoms with Gasteiger partial charge < -0.3 is 10.0 Å². The molecule has 2 heterocycles. The van der Waals surface area contributed by atoms with Crippen LogP contribution in [-0.4, -0.2) is 37.6 Å². The van der Waals surface area contributed by atoms with Gasteiger partial charge in [0.05, 0.1) is 16.8 Å². The second-order valence-corrected chi connectivity index (χ2v) is 10.4. The Balaban J connectivity index is 1.86. The van der Waals surface area contributed by atoms with E-state index in [1.807, 2.05) is 4.90 Å². The van der Waals surface area contributed by atoms with Crippen molar-refractivity contribution in [3.63, 3.8) is 0 Å². The van der Waals surface area contributed by atoms with Crippen molar-refractivity contribution in [3.8, 4) is 0 Å². The minimum atomic E-state index is -3.86. The molecule has 0 aliphatic carbocycles. The Labute approximate surface area is 178 Å². The van der Waals surface area contributed by atoms with Crippen molar-refractivity contribution in [2.75, 3.05) is 22.7 Å². The molecule has 2 N–H and O–H groups in total. The zero-order chi connectivity index (χ0) is 21.9. The third kappa shape index (κ3) is 5.11. The van der Waals surface area contributed by atoms with Gasteiger partial charge >= 0.3 is 5.97 Å². The second-order valence-electron chi connectivity index (χ2n) is 8.68. The highest BCUT2D eigenvalue weighted by Gasteiger charge is 2.22. The molecule has 1 fully saturated rings. The Bertz CT molecular complexity index is 1000. The summed E-state index contributed by atoms with van der Waals surface area (Å²) >= 11 is 0. The number of carboxylic acids is 1. The number of benzene rings is 1. The van der Waals surface area contributed by atoms with Crippen LogP contribution in [-0.2, 0) is 15.4 Å². The van der Waals surface area contributed by atoms with Crippen molar-refractivity contribution in [1.82, 2.24) is 4.98 Å². The highest BCUT2D eigenvalue weighted by atomic mass is 32.2. The minimum Gasteiger partial charge on any atom is -0.478 e. The van der Waals surface area contributed by atoms with Gasteiger partial charge in [-0.3, -0.25) is 4.72 Å². The molecule has 1 aliphatic heterocycles. The van der Waals surface area contributed by atoms with Gasteiger partial charge in [0, 0.05) is 13.1 Å². The number of hydrogen-bond acceptors (Lipinski definition) is 5. The number of nitrogens with one attached hydrogen (secondary N) is 1. The van der Waals surface area contributed by atoms with Crippen LogP contribution in [0.15, 0.2) is 41.4 Å². The summed E-state index contributed by atoms with van der Waals surface area (Å²) in [6.07, 6.45) is 5.59. The molecule has 30 heavy (non-hydrogen) atoms. The lowest BCUT2D eigenvalue weighted by Crippen LogP contribution is -2.27. The molecule has 0 saturated carbocycles. The molecule has 1 saturated heterocycles. The molecular weight excluding hydrogens is 402 g/mol. The van der Waals surface area contributed by atoms with Crippen molar-refractivity contribution >= 4 is 27.5 Å². The molecule has 2 aromatic rings. The van der Waals surface area contributed by atoms with Gasteiger partial charge in [-0.25, -0.2) is 18.2 Å². The van der Waals surface area contributed by atoms with E-state index in [0.717, 1.165) is 44.3 Å². The van der Waals surface area contributed by atoms with E-state index in [9.17, 15) is 18.3 Å². The molecule has 0 spiro atoms. The number of carboxylic acid groups (broad SMARTS) is 1. The molecule has 1 aromatic carbocycles. The summed E-state index contributed by atoms with van der Waals surface area (Å²) in [5.41, 5.74) is 1.07. The monoisotopic (exact) mass is 431 g/mol. The van der Waals surface area contributed by atoms with Gasteiger partial charge in [-0.15, -0.1) is 0 Å². The fraction of sp³-hybridized carbons (Fsp3) is 0.455. The van der Waals surface area contributed by atoms with Crippen molar-refractivity contribution in [2.45, 2.75) is 56.8 Å². The fourth-order valence-corrected chi connectivity index (χ4v) is 4.59. The molecule has 0 amide bonds. The number of aromatic nitrogens is 1. The third-order valence-corrected chi connectivity index (χ3v) is 6.68. The first kappa shape index (κ1) is 22.1. The number of anilines is 2. The topological polar surface area (TPSA) is 99.6 Å². The van der Waals surface area contributed by atoms with Gasteiger partial charge in [0.1, 0.15) is 11.4 Å². The summed E-state index contributed by atoms with van der Waals surface area (Å²) in [7, 11) is -3.86. The maximum Gasteiger partial charge on any atom is 0.339 e. The number of sulfonamides is 1. The third-order valence-electron chi connectivity index (χ3n) is 5.29. The summed E-state index contributed by atoms with van der Waals surface area (Å²) in [6.45, 7) is 7.66. The Morgan fingerprint density at radius 2 is 1.67 bits per heavy atom. The lowest BCUT2D eigenvalue weighted by molar-refractivity contribution is 0.0697. The van der Waals surface area contributed by atoms with Gasteiger partial charge in [0.25, 0.3) is 10.0 Å². The normalized spacial score (nSPS) is 15.5. The lowest BCUT2D eigenvalue weighted by atomic mass is 9.87. The molecule has 1 aliphatic rings. The Hall–Kier alpha value is -2.61. The molecule has 1 aromatic heterocycles. The maximum absolute atomic E-state index is 12.8. The number of aromatic carboxylic acids is 1. The van der Waals surface area contributed by atoms with Crippen LogP contribution in [0.5, 0.6) is 0 Å². The zero-order valence-corrected chi connectivity index (χ0v) is 18.5. The van der Waals surface area contributed by atoms with E-state index in [4.69, 9.17) is 0 Å². The summed E-state index contributed by atoms with van der Waals surface area (Å²) in [5.74, 6) is -0.737. The average Bonchev–Trinajstić information content (AvgIpc) is 2.96. The average molecular weight is 432 g/mol. The Morgan fingerprint density at radius 3 is 2.20 bits per heavy atom. The van der Waals surface area contributed by atoms with E-state index in [-0.39, 0.29) is 21.6 Å². The molecule has 0 atom stereocenters. The number of carbonyl (C=O) groups is 1. The maximum atomic E-state index is 12.8. The SMILES string of the molecule is CC(C)(C)c1ccc(S(=O)(=O)Nc2cnc(N3CCCCCC3)c(C(=O)O)c2)cc1. The van der Waals surface area contributed by atoms with Crippen LogP contribution in [0.3, 0.4) is 0 Å². The van der Waals surface area contributed by atoms with Gasteiger partial charge in [0.2, 0.25) is 0 Å². The summed E-state index contributed by atoms with van der Waals surface area (Å²) in [5, 5.41) is 9.67. The van der Waals surface area contributed by atoms with Gasteiger partial charge in [0.15, 0.2) is 0 Å². The first-order chi connectivity index (χ1) is 14.1. The zero-order valence-electron chi connectivity index (χ0n) is 17.7. The number of hydrogen-bond donors (Lipinski definition) is 2. The molecule has 0 bridgehead atoms.